The number of carbonyl (C=O) groups is 1. The number of para-hydroxylation sites is 1. The van der Waals surface area contributed by atoms with Crippen LogP contribution in [-0.2, 0) is 4.79 Å². The van der Waals surface area contributed by atoms with Crippen LogP contribution in [0.5, 0.6) is 5.75 Å². The van der Waals surface area contributed by atoms with Crippen molar-refractivity contribution in [3.8, 4) is 17.1 Å². The number of nitrogens with zero attached hydrogens (tertiary/aromatic N) is 4. The maximum atomic E-state index is 13.3. The van der Waals surface area contributed by atoms with Crippen LogP contribution in [0.4, 0.5) is 10.1 Å². The van der Waals surface area contributed by atoms with Gasteiger partial charge in [-0.15, -0.1) is 10.2 Å². The molecule has 1 amide bonds. The van der Waals surface area contributed by atoms with Crippen LogP contribution in [0.25, 0.3) is 11.4 Å². The molecule has 0 radical (unpaired) electrons. The summed E-state index contributed by atoms with van der Waals surface area (Å²) in [7, 11) is 1.60. The molecule has 30 heavy (non-hydrogen) atoms. The van der Waals surface area contributed by atoms with E-state index in [1.54, 1.807) is 23.9 Å². The number of anilines is 1. The van der Waals surface area contributed by atoms with Crippen LogP contribution in [0.3, 0.4) is 0 Å². The topological polar surface area (TPSA) is 74.0 Å². The first-order chi connectivity index (χ1) is 14.7. The molecule has 2 aromatic heterocycles. The zero-order valence-corrected chi connectivity index (χ0v) is 16.8. The molecule has 2 heterocycles. The Hall–Kier alpha value is -3.59. The maximum Gasteiger partial charge on any atom is 0.234 e. The highest BCUT2D eigenvalue weighted by molar-refractivity contribution is 7.99. The fourth-order valence-corrected chi connectivity index (χ4v) is 3.65. The molecule has 2 aromatic carbocycles. The highest BCUT2D eigenvalue weighted by Gasteiger charge is 2.19. The largest absolute Gasteiger partial charge is 0.496 e. The Balaban J connectivity index is 1.59. The second-order valence-corrected chi connectivity index (χ2v) is 7.17. The molecule has 4 rings (SSSR count). The summed E-state index contributed by atoms with van der Waals surface area (Å²) in [5, 5.41) is 11.8. The lowest BCUT2D eigenvalue weighted by molar-refractivity contribution is -0.113. The molecule has 4 aromatic rings. The standard InChI is InChI=1S/C21H18FN5O2S/c1-29-18-10-3-2-9-17(18)20-24-25-21(27(20)26-11-4-5-12-26)30-14-19(28)23-16-8-6-7-15(22)13-16/h2-13H,14H2,1H3,(H,23,28). The van der Waals surface area contributed by atoms with Crippen molar-refractivity contribution in [3.63, 3.8) is 0 Å². The van der Waals surface area contributed by atoms with E-state index >= 15 is 0 Å². The van der Waals surface area contributed by atoms with Gasteiger partial charge in [0, 0.05) is 18.1 Å². The van der Waals surface area contributed by atoms with Crippen molar-refractivity contribution in [2.75, 3.05) is 18.2 Å². The Morgan fingerprint density at radius 3 is 2.67 bits per heavy atom. The molecular weight excluding hydrogens is 405 g/mol. The van der Waals surface area contributed by atoms with Crippen molar-refractivity contribution in [2.24, 2.45) is 0 Å². The molecule has 152 valence electrons. The average molecular weight is 423 g/mol. The van der Waals surface area contributed by atoms with Crippen molar-refractivity contribution in [2.45, 2.75) is 5.16 Å². The molecule has 0 aliphatic rings. The monoisotopic (exact) mass is 423 g/mol. The van der Waals surface area contributed by atoms with Gasteiger partial charge in [0.15, 0.2) is 5.82 Å². The van der Waals surface area contributed by atoms with Crippen molar-refractivity contribution < 1.29 is 13.9 Å². The van der Waals surface area contributed by atoms with Crippen LogP contribution in [0.2, 0.25) is 0 Å². The van der Waals surface area contributed by atoms with Crippen molar-refractivity contribution in [3.05, 3.63) is 78.9 Å². The van der Waals surface area contributed by atoms with Crippen molar-refractivity contribution in [1.29, 1.82) is 0 Å². The van der Waals surface area contributed by atoms with E-state index in [4.69, 9.17) is 4.74 Å². The molecule has 0 unspecified atom stereocenters. The molecule has 0 atom stereocenters. The van der Waals surface area contributed by atoms with Gasteiger partial charge in [0.1, 0.15) is 11.6 Å². The number of hydrogen-bond donors (Lipinski definition) is 1. The molecule has 7 nitrogen and oxygen atoms in total. The number of thioether (sulfide) groups is 1. The average Bonchev–Trinajstić information content (AvgIpc) is 3.41. The summed E-state index contributed by atoms with van der Waals surface area (Å²) >= 11 is 1.23. The Morgan fingerprint density at radius 1 is 1.10 bits per heavy atom. The molecule has 0 saturated carbocycles. The number of benzene rings is 2. The molecule has 0 aliphatic heterocycles. The van der Waals surface area contributed by atoms with Gasteiger partial charge >= 0.3 is 0 Å². The molecule has 0 spiro atoms. The van der Waals surface area contributed by atoms with Crippen LogP contribution in [0.15, 0.2) is 78.2 Å². The van der Waals surface area contributed by atoms with Crippen molar-refractivity contribution >= 4 is 23.4 Å². The molecule has 0 saturated heterocycles. The first kappa shape index (κ1) is 19.7. The van der Waals surface area contributed by atoms with Gasteiger partial charge in [0.25, 0.3) is 0 Å². The van der Waals surface area contributed by atoms with Crippen molar-refractivity contribution in [1.82, 2.24) is 19.5 Å². The number of aromatic nitrogens is 4. The lowest BCUT2D eigenvalue weighted by Crippen LogP contribution is -2.16. The van der Waals surface area contributed by atoms with Crippen LogP contribution < -0.4 is 10.1 Å². The number of hydrogen-bond acceptors (Lipinski definition) is 5. The number of ether oxygens (including phenoxy) is 1. The molecule has 9 heteroatoms. The van der Waals surface area contributed by atoms with E-state index in [0.717, 1.165) is 5.56 Å². The first-order valence-electron chi connectivity index (χ1n) is 9.06. The van der Waals surface area contributed by atoms with E-state index in [1.807, 2.05) is 53.5 Å². The quantitative estimate of drug-likeness (QED) is 0.456. The number of amides is 1. The highest BCUT2D eigenvalue weighted by atomic mass is 32.2. The minimum Gasteiger partial charge on any atom is -0.496 e. The number of carbonyl (C=O) groups excluding carboxylic acids is 1. The van der Waals surface area contributed by atoms with Gasteiger partial charge in [-0.3, -0.25) is 9.47 Å². The van der Waals surface area contributed by atoms with Gasteiger partial charge in [-0.25, -0.2) is 9.07 Å². The highest BCUT2D eigenvalue weighted by Crippen LogP contribution is 2.31. The number of halogens is 1. The van der Waals surface area contributed by atoms with Crippen LogP contribution in [0, 0.1) is 5.82 Å². The molecular formula is C21H18FN5O2S. The number of rotatable bonds is 7. The molecule has 0 bridgehead atoms. The SMILES string of the molecule is COc1ccccc1-c1nnc(SCC(=O)Nc2cccc(F)c2)n1-n1cccc1. The lowest BCUT2D eigenvalue weighted by Gasteiger charge is -2.13. The Morgan fingerprint density at radius 2 is 1.90 bits per heavy atom. The van der Waals surface area contributed by atoms with E-state index in [-0.39, 0.29) is 11.7 Å². The second-order valence-electron chi connectivity index (χ2n) is 6.23. The third kappa shape index (κ3) is 4.20. The van der Waals surface area contributed by atoms with Gasteiger partial charge in [0.2, 0.25) is 11.1 Å². The predicted octanol–water partition coefficient (Wildman–Crippen LogP) is 3.94. The van der Waals surface area contributed by atoms with Gasteiger partial charge in [-0.05, 0) is 42.5 Å². The maximum absolute atomic E-state index is 13.3. The zero-order chi connectivity index (χ0) is 20.9. The normalized spacial score (nSPS) is 10.7. The van der Waals surface area contributed by atoms with Gasteiger partial charge in [-0.1, -0.05) is 30.0 Å². The zero-order valence-electron chi connectivity index (χ0n) is 16.0. The predicted molar refractivity (Wildman–Crippen MR) is 113 cm³/mol. The van der Waals surface area contributed by atoms with Crippen LogP contribution in [-0.4, -0.2) is 38.3 Å². The Labute approximate surface area is 176 Å². The molecule has 1 N–H and O–H groups in total. The van der Waals surface area contributed by atoms with E-state index in [0.29, 0.717) is 22.4 Å². The minimum atomic E-state index is -0.408. The summed E-state index contributed by atoms with van der Waals surface area (Å²) in [6.07, 6.45) is 3.72. The third-order valence-electron chi connectivity index (χ3n) is 4.22. The van der Waals surface area contributed by atoms with Gasteiger partial charge in [-0.2, -0.15) is 0 Å². The summed E-state index contributed by atoms with van der Waals surface area (Å²) < 4.78 is 22.4. The van der Waals surface area contributed by atoms with E-state index in [9.17, 15) is 9.18 Å². The van der Waals surface area contributed by atoms with Crippen LogP contribution in [0.1, 0.15) is 0 Å². The summed E-state index contributed by atoms with van der Waals surface area (Å²) in [4.78, 5) is 12.3. The Bertz CT molecular complexity index is 1160. The van der Waals surface area contributed by atoms with E-state index in [1.165, 1.54) is 23.9 Å². The number of nitrogens with one attached hydrogen (secondary N) is 1. The Kier molecular flexibility index (Phi) is 5.80. The van der Waals surface area contributed by atoms with E-state index in [2.05, 4.69) is 15.5 Å². The fraction of sp³-hybridized carbons (Fsp3) is 0.0952. The summed E-state index contributed by atoms with van der Waals surface area (Å²) in [5.74, 6) is 0.651. The molecule has 0 fully saturated rings. The molecule has 0 aliphatic carbocycles. The fourth-order valence-electron chi connectivity index (χ4n) is 2.91. The smallest absolute Gasteiger partial charge is 0.234 e. The summed E-state index contributed by atoms with van der Waals surface area (Å²) in [5.41, 5.74) is 1.18. The lowest BCUT2D eigenvalue weighted by atomic mass is 10.2. The first-order valence-corrected chi connectivity index (χ1v) is 10.0. The third-order valence-corrected chi connectivity index (χ3v) is 5.14. The van der Waals surface area contributed by atoms with Crippen LogP contribution >= 0.6 is 11.8 Å². The number of methoxy groups -OCH3 is 1. The van der Waals surface area contributed by atoms with Gasteiger partial charge < -0.3 is 10.1 Å². The summed E-state index contributed by atoms with van der Waals surface area (Å²) in [6.45, 7) is 0. The van der Waals surface area contributed by atoms with E-state index < -0.39 is 5.82 Å². The summed E-state index contributed by atoms with van der Waals surface area (Å²) in [6, 6.07) is 17.1. The van der Waals surface area contributed by atoms with Gasteiger partial charge in [0.05, 0.1) is 18.4 Å². The minimum absolute atomic E-state index is 0.0852. The second kappa shape index (κ2) is 8.83.